The van der Waals surface area contributed by atoms with E-state index in [4.69, 9.17) is 0 Å². The van der Waals surface area contributed by atoms with E-state index in [0.717, 1.165) is 12.3 Å². The topological polar surface area (TPSA) is 92.7 Å². The average molecular weight is 355 g/mol. The van der Waals surface area contributed by atoms with Crippen LogP contribution in [0.2, 0.25) is 0 Å². The first-order valence-electron chi connectivity index (χ1n) is 6.04. The Balaban J connectivity index is 2.14. The summed E-state index contributed by atoms with van der Waals surface area (Å²) < 4.78 is 75.1. The Kier molecular flexibility index (Phi) is 4.36. The maximum absolute atomic E-state index is 12.6. The molecule has 0 aromatic carbocycles. The fourth-order valence-electron chi connectivity index (χ4n) is 1.64. The number of aromatic nitrogens is 4. The molecule has 13 heteroatoms. The Hall–Kier alpha value is -2.86. The largest absolute Gasteiger partial charge is 0.451 e. The van der Waals surface area contributed by atoms with Gasteiger partial charge in [-0.1, -0.05) is 0 Å². The van der Waals surface area contributed by atoms with Crippen molar-refractivity contribution in [3.05, 3.63) is 40.1 Å². The number of hydrogen-bond acceptors (Lipinski definition) is 4. The van der Waals surface area contributed by atoms with Crippen molar-refractivity contribution in [2.24, 2.45) is 0 Å². The number of amides is 1. The van der Waals surface area contributed by atoms with Gasteiger partial charge < -0.3 is 4.57 Å². The molecule has 0 aliphatic rings. The van der Waals surface area contributed by atoms with Gasteiger partial charge in [0.2, 0.25) is 17.7 Å². The van der Waals surface area contributed by atoms with Crippen LogP contribution in [0.25, 0.3) is 0 Å². The van der Waals surface area contributed by atoms with E-state index in [1.54, 1.807) is 0 Å². The van der Waals surface area contributed by atoms with E-state index in [1.165, 1.54) is 5.10 Å². The van der Waals surface area contributed by atoms with Gasteiger partial charge in [-0.25, -0.2) is 0 Å². The molecule has 0 saturated carbocycles. The molecule has 130 valence electrons. The highest BCUT2D eigenvalue weighted by Crippen LogP contribution is 2.26. The van der Waals surface area contributed by atoms with Crippen LogP contribution in [0.15, 0.2) is 23.1 Å². The molecule has 0 fully saturated rings. The molecule has 2 aromatic heterocycles. The minimum Gasteiger partial charge on any atom is -0.306 e. The Morgan fingerprint density at radius 1 is 1.21 bits per heavy atom. The third-order valence-electron chi connectivity index (χ3n) is 2.64. The molecule has 2 N–H and O–H groups in total. The molecule has 24 heavy (non-hydrogen) atoms. The molecule has 0 atom stereocenters. The van der Waals surface area contributed by atoms with Gasteiger partial charge in [0.25, 0.3) is 5.56 Å². The molecular formula is C11H7F6N5O2. The predicted molar refractivity (Wildman–Crippen MR) is 65.7 cm³/mol. The van der Waals surface area contributed by atoms with Crippen LogP contribution in [-0.2, 0) is 23.7 Å². The molecule has 0 aliphatic heterocycles. The zero-order valence-corrected chi connectivity index (χ0v) is 11.4. The van der Waals surface area contributed by atoms with Gasteiger partial charge in [-0.2, -0.15) is 31.3 Å². The third-order valence-corrected chi connectivity index (χ3v) is 2.64. The van der Waals surface area contributed by atoms with Crippen LogP contribution in [0.3, 0.4) is 0 Å². The molecule has 0 bridgehead atoms. The number of rotatable bonds is 3. The van der Waals surface area contributed by atoms with E-state index in [2.05, 4.69) is 10.1 Å². The minimum atomic E-state index is -4.90. The summed E-state index contributed by atoms with van der Waals surface area (Å²) >= 11 is 0. The first-order valence-corrected chi connectivity index (χ1v) is 6.04. The van der Waals surface area contributed by atoms with E-state index < -0.39 is 47.7 Å². The minimum absolute atomic E-state index is 0.454. The lowest BCUT2D eigenvalue weighted by Crippen LogP contribution is -2.32. The average Bonchev–Trinajstić information content (AvgIpc) is 2.88. The van der Waals surface area contributed by atoms with Gasteiger partial charge in [0.1, 0.15) is 12.1 Å². The fourth-order valence-corrected chi connectivity index (χ4v) is 1.64. The standard InChI is InChI=1S/C11H7F6N5O2/c12-10(13,14)5-2-1-3-22(7(5)24)4-6(23)18-9-19-8(20-21-9)11(15,16)17/h1-3H,4H2,(H2,18,19,20,21,23). The summed E-state index contributed by atoms with van der Waals surface area (Å²) in [6.07, 6.45) is -8.79. The second-order valence-corrected chi connectivity index (χ2v) is 4.41. The fraction of sp³-hybridized carbons (Fsp3) is 0.273. The molecule has 0 radical (unpaired) electrons. The number of anilines is 1. The van der Waals surface area contributed by atoms with Crippen molar-refractivity contribution < 1.29 is 31.1 Å². The number of nitrogens with zero attached hydrogens (tertiary/aromatic N) is 3. The number of pyridine rings is 1. The first kappa shape index (κ1) is 17.5. The number of aromatic amines is 1. The molecule has 0 saturated heterocycles. The molecule has 0 spiro atoms. The third kappa shape index (κ3) is 3.91. The van der Waals surface area contributed by atoms with Crippen LogP contribution in [0.4, 0.5) is 32.3 Å². The molecular weight excluding hydrogens is 348 g/mol. The van der Waals surface area contributed by atoms with Gasteiger partial charge >= 0.3 is 12.4 Å². The Morgan fingerprint density at radius 3 is 2.42 bits per heavy atom. The SMILES string of the molecule is O=C(Cn1cccc(C(F)(F)F)c1=O)Nc1n[nH]c(C(F)(F)F)n1. The van der Waals surface area contributed by atoms with Gasteiger partial charge in [-0.05, 0) is 12.1 Å². The van der Waals surface area contributed by atoms with Crippen molar-refractivity contribution in [3.8, 4) is 0 Å². The van der Waals surface area contributed by atoms with Crippen LogP contribution in [0.5, 0.6) is 0 Å². The Labute approximate surface area is 128 Å². The summed E-state index contributed by atoms with van der Waals surface area (Å²) in [6, 6.07) is 1.45. The lowest BCUT2D eigenvalue weighted by Gasteiger charge is -2.09. The van der Waals surface area contributed by atoms with Crippen LogP contribution < -0.4 is 10.9 Å². The summed E-state index contributed by atoms with van der Waals surface area (Å²) in [5, 5.41) is 6.46. The number of nitrogens with one attached hydrogen (secondary N) is 2. The van der Waals surface area contributed by atoms with Crippen molar-refractivity contribution in [3.63, 3.8) is 0 Å². The van der Waals surface area contributed by atoms with Gasteiger partial charge in [0.05, 0.1) is 0 Å². The quantitative estimate of drug-likeness (QED) is 0.819. The molecule has 1 amide bonds. The molecule has 0 unspecified atom stereocenters. The van der Waals surface area contributed by atoms with Gasteiger partial charge in [0.15, 0.2) is 0 Å². The van der Waals surface area contributed by atoms with Crippen LogP contribution in [0, 0.1) is 0 Å². The number of carbonyl (C=O) groups is 1. The van der Waals surface area contributed by atoms with Crippen LogP contribution in [0.1, 0.15) is 11.4 Å². The van der Waals surface area contributed by atoms with Crippen LogP contribution in [-0.4, -0.2) is 25.7 Å². The van der Waals surface area contributed by atoms with Gasteiger partial charge in [-0.15, -0.1) is 5.10 Å². The molecule has 0 aliphatic carbocycles. The van der Waals surface area contributed by atoms with E-state index in [0.29, 0.717) is 10.6 Å². The Bertz CT molecular complexity index is 806. The number of carbonyl (C=O) groups excluding carboxylic acids is 1. The summed E-state index contributed by atoms with van der Waals surface area (Å²) in [4.78, 5) is 26.2. The van der Waals surface area contributed by atoms with Gasteiger partial charge in [0, 0.05) is 6.20 Å². The highest BCUT2D eigenvalue weighted by atomic mass is 19.4. The summed E-state index contributed by atoms with van der Waals surface area (Å²) in [7, 11) is 0. The number of hydrogen-bond donors (Lipinski definition) is 2. The lowest BCUT2D eigenvalue weighted by molar-refractivity contribution is -0.144. The van der Waals surface area contributed by atoms with Crippen molar-refractivity contribution in [1.82, 2.24) is 19.7 Å². The lowest BCUT2D eigenvalue weighted by atomic mass is 10.2. The van der Waals surface area contributed by atoms with E-state index >= 15 is 0 Å². The predicted octanol–water partition coefficient (Wildman–Crippen LogP) is 1.64. The number of alkyl halides is 6. The molecule has 7 nitrogen and oxygen atoms in total. The zero-order chi connectivity index (χ0) is 18.1. The van der Waals surface area contributed by atoms with Crippen LogP contribution >= 0.6 is 0 Å². The maximum atomic E-state index is 12.6. The maximum Gasteiger partial charge on any atom is 0.451 e. The molecule has 2 rings (SSSR count). The monoisotopic (exact) mass is 355 g/mol. The highest BCUT2D eigenvalue weighted by Gasteiger charge is 2.36. The Morgan fingerprint density at radius 2 is 1.88 bits per heavy atom. The molecule has 2 heterocycles. The second kappa shape index (κ2) is 5.98. The number of halogens is 6. The van der Waals surface area contributed by atoms with Crippen molar-refractivity contribution in [2.75, 3.05) is 5.32 Å². The summed E-state index contributed by atoms with van der Waals surface area (Å²) in [5.74, 6) is -3.27. The summed E-state index contributed by atoms with van der Waals surface area (Å²) in [6.45, 7) is -0.862. The second-order valence-electron chi connectivity index (χ2n) is 4.41. The summed E-state index contributed by atoms with van der Waals surface area (Å²) in [5.41, 5.74) is -2.94. The van der Waals surface area contributed by atoms with E-state index in [9.17, 15) is 35.9 Å². The highest BCUT2D eigenvalue weighted by molar-refractivity contribution is 5.88. The van der Waals surface area contributed by atoms with E-state index in [1.807, 2.05) is 5.32 Å². The smallest absolute Gasteiger partial charge is 0.306 e. The normalized spacial score (nSPS) is 12.2. The van der Waals surface area contributed by atoms with Crippen molar-refractivity contribution in [2.45, 2.75) is 18.9 Å². The molecule has 2 aromatic rings. The van der Waals surface area contributed by atoms with Gasteiger partial charge in [-0.3, -0.25) is 20.0 Å². The zero-order valence-electron chi connectivity index (χ0n) is 11.4. The first-order chi connectivity index (χ1) is 11.0. The van der Waals surface area contributed by atoms with Crippen molar-refractivity contribution in [1.29, 1.82) is 0 Å². The van der Waals surface area contributed by atoms with Crippen molar-refractivity contribution >= 4 is 11.9 Å². The number of H-pyrrole nitrogens is 1. The van der Waals surface area contributed by atoms with E-state index in [-0.39, 0.29) is 0 Å².